The van der Waals surface area contributed by atoms with Gasteiger partial charge in [0, 0.05) is 18.2 Å². The minimum Gasteiger partial charge on any atom is -0.493 e. The zero-order chi connectivity index (χ0) is 18.2. The van der Waals surface area contributed by atoms with E-state index in [1.165, 1.54) is 12.8 Å². The third-order valence-corrected chi connectivity index (χ3v) is 4.30. The molecule has 3 rings (SSSR count). The quantitative estimate of drug-likeness (QED) is 0.533. The number of guanidine groups is 1. The number of aliphatic imine (C=N–C) groups is 1. The minimum atomic E-state index is 0.554. The van der Waals surface area contributed by atoms with Crippen molar-refractivity contribution in [1.29, 1.82) is 0 Å². The van der Waals surface area contributed by atoms with Crippen molar-refractivity contribution in [3.8, 4) is 5.75 Å². The molecule has 26 heavy (non-hydrogen) atoms. The molecule has 1 aliphatic carbocycles. The van der Waals surface area contributed by atoms with Gasteiger partial charge in [-0.2, -0.15) is 0 Å². The van der Waals surface area contributed by atoms with Crippen LogP contribution in [0.15, 0.2) is 39.8 Å². The molecule has 1 aliphatic rings. The fourth-order valence-electron chi connectivity index (χ4n) is 2.55. The van der Waals surface area contributed by atoms with E-state index < -0.39 is 0 Å². The number of nitrogens with one attached hydrogen (secondary N) is 2. The molecule has 1 saturated carbocycles. The van der Waals surface area contributed by atoms with E-state index in [-0.39, 0.29) is 0 Å². The van der Waals surface area contributed by atoms with Crippen LogP contribution in [-0.4, -0.2) is 24.3 Å². The average molecular weight is 356 g/mol. The molecule has 0 unspecified atom stereocenters. The maximum absolute atomic E-state index is 5.96. The Kier molecular flexibility index (Phi) is 6.52. The summed E-state index contributed by atoms with van der Waals surface area (Å²) >= 11 is 0. The van der Waals surface area contributed by atoms with Gasteiger partial charge in [0.25, 0.3) is 0 Å². The number of hydrogen-bond acceptors (Lipinski definition) is 4. The van der Waals surface area contributed by atoms with Crippen molar-refractivity contribution < 1.29 is 9.26 Å². The lowest BCUT2D eigenvalue weighted by Crippen LogP contribution is -2.36. The molecule has 0 spiro atoms. The molecule has 0 saturated heterocycles. The summed E-state index contributed by atoms with van der Waals surface area (Å²) < 4.78 is 11.3. The predicted molar refractivity (Wildman–Crippen MR) is 102 cm³/mol. The molecule has 6 heteroatoms. The minimum absolute atomic E-state index is 0.554. The number of rotatable bonds is 9. The standard InChI is InChI=1S/C20H28N4O2/c1-3-17-11-18(26-24-17)13-23-20(21-4-2)22-12-16-7-5-6-8-19(16)25-14-15-9-10-15/h5-8,11,15H,3-4,9-10,12-14H2,1-2H3,(H2,21,22,23). The first kappa shape index (κ1) is 18.3. The molecule has 1 aromatic heterocycles. The van der Waals surface area contributed by atoms with Gasteiger partial charge in [0.2, 0.25) is 0 Å². The van der Waals surface area contributed by atoms with E-state index >= 15 is 0 Å². The second-order valence-electron chi connectivity index (χ2n) is 6.55. The van der Waals surface area contributed by atoms with Crippen molar-refractivity contribution in [1.82, 2.24) is 15.8 Å². The monoisotopic (exact) mass is 356 g/mol. The predicted octanol–water partition coefficient (Wildman–Crippen LogP) is 3.28. The van der Waals surface area contributed by atoms with E-state index in [0.29, 0.717) is 13.1 Å². The van der Waals surface area contributed by atoms with Crippen LogP contribution in [0.3, 0.4) is 0 Å². The number of nitrogens with zero attached hydrogens (tertiary/aromatic N) is 2. The van der Waals surface area contributed by atoms with Gasteiger partial charge >= 0.3 is 0 Å². The molecule has 0 bridgehead atoms. The van der Waals surface area contributed by atoms with E-state index in [1.807, 2.05) is 31.2 Å². The molecule has 2 aromatic rings. The molecule has 1 fully saturated rings. The summed E-state index contributed by atoms with van der Waals surface area (Å²) in [4.78, 5) is 4.68. The molecule has 1 aromatic carbocycles. The Hall–Kier alpha value is -2.50. The Morgan fingerprint density at radius 1 is 1.27 bits per heavy atom. The smallest absolute Gasteiger partial charge is 0.191 e. The molecule has 2 N–H and O–H groups in total. The van der Waals surface area contributed by atoms with E-state index in [2.05, 4.69) is 33.8 Å². The molecular weight excluding hydrogens is 328 g/mol. The maximum Gasteiger partial charge on any atom is 0.191 e. The van der Waals surface area contributed by atoms with Crippen LogP contribution in [0.2, 0.25) is 0 Å². The SMILES string of the molecule is CCNC(=NCc1ccccc1OCC1CC1)NCc1cc(CC)no1. The first-order valence-corrected chi connectivity index (χ1v) is 9.45. The molecule has 6 nitrogen and oxygen atoms in total. The van der Waals surface area contributed by atoms with Crippen LogP contribution in [0.4, 0.5) is 0 Å². The Morgan fingerprint density at radius 3 is 2.85 bits per heavy atom. The Morgan fingerprint density at radius 2 is 2.12 bits per heavy atom. The summed E-state index contributed by atoms with van der Waals surface area (Å²) in [5, 5.41) is 10.6. The Balaban J connectivity index is 1.59. The zero-order valence-electron chi connectivity index (χ0n) is 15.6. The molecular formula is C20H28N4O2. The van der Waals surface area contributed by atoms with Gasteiger partial charge in [0.05, 0.1) is 25.4 Å². The Bertz CT molecular complexity index is 722. The van der Waals surface area contributed by atoms with Gasteiger partial charge in [-0.1, -0.05) is 30.3 Å². The molecule has 0 radical (unpaired) electrons. The number of para-hydroxylation sites is 1. The van der Waals surface area contributed by atoms with Crippen LogP contribution >= 0.6 is 0 Å². The third kappa shape index (κ3) is 5.51. The summed E-state index contributed by atoms with van der Waals surface area (Å²) in [6, 6.07) is 10.1. The van der Waals surface area contributed by atoms with Crippen molar-refractivity contribution in [2.24, 2.45) is 10.9 Å². The third-order valence-electron chi connectivity index (χ3n) is 4.30. The zero-order valence-corrected chi connectivity index (χ0v) is 15.6. The lowest BCUT2D eigenvalue weighted by atomic mass is 10.2. The van der Waals surface area contributed by atoms with Crippen molar-refractivity contribution in [3.05, 3.63) is 47.3 Å². The highest BCUT2D eigenvalue weighted by Crippen LogP contribution is 2.30. The number of aryl methyl sites for hydroxylation is 1. The van der Waals surface area contributed by atoms with E-state index in [9.17, 15) is 0 Å². The first-order valence-electron chi connectivity index (χ1n) is 9.45. The van der Waals surface area contributed by atoms with E-state index in [4.69, 9.17) is 9.26 Å². The fourth-order valence-corrected chi connectivity index (χ4v) is 2.55. The van der Waals surface area contributed by atoms with Crippen molar-refractivity contribution in [3.63, 3.8) is 0 Å². The average Bonchev–Trinajstić information content (AvgIpc) is 3.39. The largest absolute Gasteiger partial charge is 0.493 e. The number of aromatic nitrogens is 1. The van der Waals surface area contributed by atoms with E-state index in [0.717, 1.165) is 54.2 Å². The van der Waals surface area contributed by atoms with Crippen LogP contribution in [0.25, 0.3) is 0 Å². The van der Waals surface area contributed by atoms with Crippen LogP contribution in [0.1, 0.15) is 43.7 Å². The topological polar surface area (TPSA) is 71.7 Å². The highest BCUT2D eigenvalue weighted by atomic mass is 16.5. The Labute approximate surface area is 155 Å². The highest BCUT2D eigenvalue weighted by molar-refractivity contribution is 5.79. The van der Waals surface area contributed by atoms with Gasteiger partial charge in [-0.25, -0.2) is 4.99 Å². The van der Waals surface area contributed by atoms with Gasteiger partial charge < -0.3 is 19.9 Å². The fraction of sp³-hybridized carbons (Fsp3) is 0.500. The summed E-state index contributed by atoms with van der Waals surface area (Å²) in [7, 11) is 0. The molecule has 1 heterocycles. The number of hydrogen-bond donors (Lipinski definition) is 2. The lowest BCUT2D eigenvalue weighted by Gasteiger charge is -2.12. The first-order chi connectivity index (χ1) is 12.8. The maximum atomic E-state index is 5.96. The van der Waals surface area contributed by atoms with Crippen LogP contribution in [0, 0.1) is 5.92 Å². The van der Waals surface area contributed by atoms with Gasteiger partial charge in [0.1, 0.15) is 5.75 Å². The van der Waals surface area contributed by atoms with Crippen molar-refractivity contribution in [2.45, 2.75) is 46.2 Å². The summed E-state index contributed by atoms with van der Waals surface area (Å²) in [5.41, 5.74) is 2.06. The van der Waals surface area contributed by atoms with Gasteiger partial charge in [-0.15, -0.1) is 0 Å². The van der Waals surface area contributed by atoms with Gasteiger partial charge in [-0.3, -0.25) is 0 Å². The molecule has 0 atom stereocenters. The van der Waals surface area contributed by atoms with Crippen LogP contribution < -0.4 is 15.4 Å². The molecule has 0 aliphatic heterocycles. The van der Waals surface area contributed by atoms with Crippen molar-refractivity contribution >= 4 is 5.96 Å². The normalized spacial score (nSPS) is 14.3. The highest BCUT2D eigenvalue weighted by Gasteiger charge is 2.22. The van der Waals surface area contributed by atoms with E-state index in [1.54, 1.807) is 0 Å². The molecule has 0 amide bonds. The van der Waals surface area contributed by atoms with Crippen LogP contribution in [0.5, 0.6) is 5.75 Å². The number of ether oxygens (including phenoxy) is 1. The summed E-state index contributed by atoms with van der Waals surface area (Å²) in [6.07, 6.45) is 3.45. The summed E-state index contributed by atoms with van der Waals surface area (Å²) in [6.45, 7) is 6.83. The summed E-state index contributed by atoms with van der Waals surface area (Å²) in [5.74, 6) is 3.22. The number of benzene rings is 1. The molecule has 140 valence electrons. The van der Waals surface area contributed by atoms with Gasteiger partial charge in [0.15, 0.2) is 11.7 Å². The lowest BCUT2D eigenvalue weighted by molar-refractivity contribution is 0.297. The second-order valence-corrected chi connectivity index (χ2v) is 6.55. The second kappa shape index (κ2) is 9.27. The van der Waals surface area contributed by atoms with Crippen molar-refractivity contribution in [2.75, 3.05) is 13.2 Å². The van der Waals surface area contributed by atoms with Gasteiger partial charge in [-0.05, 0) is 38.2 Å². The van der Waals surface area contributed by atoms with Crippen LogP contribution in [-0.2, 0) is 19.5 Å².